The van der Waals surface area contributed by atoms with Gasteiger partial charge >= 0.3 is 0 Å². The van der Waals surface area contributed by atoms with Gasteiger partial charge in [-0.25, -0.2) is 4.39 Å². The van der Waals surface area contributed by atoms with E-state index in [1.807, 2.05) is 13.8 Å². The second-order valence-corrected chi connectivity index (χ2v) is 5.77. The summed E-state index contributed by atoms with van der Waals surface area (Å²) < 4.78 is 19.5. The molecule has 4 nitrogen and oxygen atoms in total. The van der Waals surface area contributed by atoms with Crippen molar-refractivity contribution >= 4 is 34.2 Å². The van der Waals surface area contributed by atoms with Crippen LogP contribution in [-0.4, -0.2) is 36.6 Å². The molecule has 1 atom stereocenters. The van der Waals surface area contributed by atoms with Crippen molar-refractivity contribution in [2.45, 2.75) is 32.5 Å². The number of halogens is 3. The lowest BCUT2D eigenvalue weighted by atomic mass is 10.1. The Hall–Kier alpha value is -0.690. The van der Waals surface area contributed by atoms with Crippen molar-refractivity contribution in [3.63, 3.8) is 0 Å². The first-order valence-corrected chi connectivity index (χ1v) is 7.15. The van der Waals surface area contributed by atoms with Gasteiger partial charge in [-0.3, -0.25) is 4.79 Å². The van der Waals surface area contributed by atoms with Crippen LogP contribution in [0.3, 0.4) is 0 Å². The van der Waals surface area contributed by atoms with Gasteiger partial charge in [0.2, 0.25) is 5.91 Å². The van der Waals surface area contributed by atoms with Crippen molar-refractivity contribution in [1.29, 1.82) is 0 Å². The average Bonchev–Trinajstić information content (AvgIpc) is 2.38. The van der Waals surface area contributed by atoms with E-state index in [0.717, 1.165) is 4.47 Å². The molecule has 1 amide bonds. The summed E-state index contributed by atoms with van der Waals surface area (Å²) in [5.41, 5.74) is 6.22. The van der Waals surface area contributed by atoms with Crippen LogP contribution in [0.2, 0.25) is 0 Å². The first-order valence-electron chi connectivity index (χ1n) is 6.35. The fraction of sp³-hybridized carbons (Fsp3) is 0.500. The van der Waals surface area contributed by atoms with Crippen LogP contribution in [0.5, 0.6) is 0 Å². The topological polar surface area (TPSA) is 55.6 Å². The van der Waals surface area contributed by atoms with E-state index >= 15 is 0 Å². The smallest absolute Gasteiger partial charge is 0.242 e. The molecule has 0 radical (unpaired) electrons. The predicted molar refractivity (Wildman–Crippen MR) is 86.9 cm³/mol. The zero-order valence-corrected chi connectivity index (χ0v) is 14.7. The van der Waals surface area contributed by atoms with Gasteiger partial charge in [-0.1, -0.05) is 15.9 Å². The molecule has 7 heteroatoms. The quantitative estimate of drug-likeness (QED) is 0.822. The molecule has 1 rings (SSSR count). The maximum absolute atomic E-state index is 13.8. The third kappa shape index (κ3) is 5.90. The predicted octanol–water partition coefficient (Wildman–Crippen LogP) is 2.72. The standard InChI is InChI=1S/C14H20BrFN2O2.ClH/c1-9(2)18(14(19)13(17)8-20-3)7-10-6-11(15)4-5-12(10)16;/h4-6,9,13H,7-8,17H2,1-3H3;1H. The van der Waals surface area contributed by atoms with Crippen LogP contribution in [0.4, 0.5) is 4.39 Å². The molecule has 0 saturated heterocycles. The highest BCUT2D eigenvalue weighted by Crippen LogP contribution is 2.18. The van der Waals surface area contributed by atoms with Crippen LogP contribution in [0.25, 0.3) is 0 Å². The maximum Gasteiger partial charge on any atom is 0.242 e. The number of nitrogens with two attached hydrogens (primary N) is 1. The summed E-state index contributed by atoms with van der Waals surface area (Å²) in [5.74, 6) is -0.590. The van der Waals surface area contributed by atoms with Gasteiger partial charge in [0.25, 0.3) is 0 Å². The van der Waals surface area contributed by atoms with E-state index < -0.39 is 6.04 Å². The molecule has 1 unspecified atom stereocenters. The van der Waals surface area contributed by atoms with Gasteiger partial charge in [0.15, 0.2) is 0 Å². The number of benzene rings is 1. The Bertz CT molecular complexity index is 474. The highest BCUT2D eigenvalue weighted by Gasteiger charge is 2.24. The number of carbonyl (C=O) groups is 1. The number of amides is 1. The lowest BCUT2D eigenvalue weighted by molar-refractivity contribution is -0.136. The van der Waals surface area contributed by atoms with Crippen LogP contribution in [0.1, 0.15) is 19.4 Å². The van der Waals surface area contributed by atoms with Crippen LogP contribution < -0.4 is 5.73 Å². The largest absolute Gasteiger partial charge is 0.383 e. The van der Waals surface area contributed by atoms with Gasteiger partial charge in [0.05, 0.1) is 6.61 Å². The van der Waals surface area contributed by atoms with Gasteiger partial charge in [-0.2, -0.15) is 0 Å². The number of hydrogen-bond acceptors (Lipinski definition) is 3. The monoisotopic (exact) mass is 382 g/mol. The molecule has 0 heterocycles. The lowest BCUT2D eigenvalue weighted by Crippen LogP contribution is -2.48. The van der Waals surface area contributed by atoms with Gasteiger partial charge in [0.1, 0.15) is 11.9 Å². The van der Waals surface area contributed by atoms with E-state index in [4.69, 9.17) is 10.5 Å². The number of carbonyl (C=O) groups excluding carboxylic acids is 1. The minimum Gasteiger partial charge on any atom is -0.383 e. The van der Waals surface area contributed by atoms with Crippen molar-refractivity contribution in [3.05, 3.63) is 34.1 Å². The van der Waals surface area contributed by atoms with Crippen LogP contribution in [-0.2, 0) is 16.1 Å². The molecule has 0 spiro atoms. The van der Waals surface area contributed by atoms with Crippen molar-refractivity contribution in [3.8, 4) is 0 Å². The van der Waals surface area contributed by atoms with E-state index in [1.165, 1.54) is 13.2 Å². The number of methoxy groups -OCH3 is 1. The molecular formula is C14H21BrClFN2O2. The van der Waals surface area contributed by atoms with Crippen molar-refractivity contribution < 1.29 is 13.9 Å². The number of nitrogens with zero attached hydrogens (tertiary/aromatic N) is 1. The van der Waals surface area contributed by atoms with E-state index in [9.17, 15) is 9.18 Å². The fourth-order valence-electron chi connectivity index (χ4n) is 1.83. The minimum atomic E-state index is -0.738. The van der Waals surface area contributed by atoms with Crippen molar-refractivity contribution in [1.82, 2.24) is 4.90 Å². The molecule has 1 aromatic carbocycles. The van der Waals surface area contributed by atoms with Gasteiger partial charge in [-0.15, -0.1) is 12.4 Å². The van der Waals surface area contributed by atoms with E-state index in [-0.39, 0.29) is 43.3 Å². The Kier molecular flexibility index (Phi) is 9.04. The average molecular weight is 384 g/mol. The van der Waals surface area contributed by atoms with E-state index in [1.54, 1.807) is 17.0 Å². The zero-order chi connectivity index (χ0) is 15.3. The van der Waals surface area contributed by atoms with Gasteiger partial charge in [-0.05, 0) is 32.0 Å². The number of ether oxygens (including phenoxy) is 1. The molecule has 0 aliphatic rings. The molecule has 120 valence electrons. The minimum absolute atomic E-state index is 0. The summed E-state index contributed by atoms with van der Waals surface area (Å²) in [6.45, 7) is 4.06. The molecule has 0 aromatic heterocycles. The second kappa shape index (κ2) is 9.35. The Balaban J connectivity index is 0.00000400. The Morgan fingerprint density at radius 1 is 1.48 bits per heavy atom. The number of rotatable bonds is 6. The second-order valence-electron chi connectivity index (χ2n) is 4.86. The Morgan fingerprint density at radius 2 is 2.10 bits per heavy atom. The first-order chi connectivity index (χ1) is 9.36. The third-order valence-electron chi connectivity index (χ3n) is 2.92. The highest BCUT2D eigenvalue weighted by atomic mass is 79.9. The van der Waals surface area contributed by atoms with E-state index in [2.05, 4.69) is 15.9 Å². The fourth-order valence-corrected chi connectivity index (χ4v) is 2.24. The lowest BCUT2D eigenvalue weighted by Gasteiger charge is -2.29. The third-order valence-corrected chi connectivity index (χ3v) is 3.41. The Morgan fingerprint density at radius 3 is 2.62 bits per heavy atom. The zero-order valence-electron chi connectivity index (χ0n) is 12.3. The van der Waals surface area contributed by atoms with E-state index in [0.29, 0.717) is 5.56 Å². The molecule has 0 saturated carbocycles. The summed E-state index contributed by atoms with van der Waals surface area (Å²) in [6.07, 6.45) is 0. The molecular weight excluding hydrogens is 363 g/mol. The van der Waals surface area contributed by atoms with Gasteiger partial charge in [0, 0.05) is 29.7 Å². The Labute approximate surface area is 139 Å². The van der Waals surface area contributed by atoms with Crippen LogP contribution in [0.15, 0.2) is 22.7 Å². The molecule has 0 fully saturated rings. The van der Waals surface area contributed by atoms with Crippen LogP contribution >= 0.6 is 28.3 Å². The summed E-state index contributed by atoms with van der Waals surface area (Å²) in [4.78, 5) is 13.8. The number of hydrogen-bond donors (Lipinski definition) is 1. The molecule has 0 bridgehead atoms. The maximum atomic E-state index is 13.8. The molecule has 21 heavy (non-hydrogen) atoms. The summed E-state index contributed by atoms with van der Waals surface area (Å²) in [7, 11) is 1.49. The molecule has 0 aliphatic carbocycles. The van der Waals surface area contributed by atoms with Gasteiger partial charge < -0.3 is 15.4 Å². The highest BCUT2D eigenvalue weighted by molar-refractivity contribution is 9.10. The molecule has 1 aromatic rings. The summed E-state index contributed by atoms with van der Waals surface area (Å²) >= 11 is 3.30. The normalized spacial score (nSPS) is 12.0. The molecule has 2 N–H and O–H groups in total. The SMILES string of the molecule is COCC(N)C(=O)N(Cc1cc(Br)ccc1F)C(C)C.Cl. The summed E-state index contributed by atoms with van der Waals surface area (Å²) in [6, 6.07) is 3.84. The molecule has 0 aliphatic heterocycles. The van der Waals surface area contributed by atoms with Crippen LogP contribution in [0, 0.1) is 5.82 Å². The van der Waals surface area contributed by atoms with Crippen molar-refractivity contribution in [2.24, 2.45) is 5.73 Å². The van der Waals surface area contributed by atoms with Crippen molar-refractivity contribution in [2.75, 3.05) is 13.7 Å². The first kappa shape index (κ1) is 20.3. The summed E-state index contributed by atoms with van der Waals surface area (Å²) in [5, 5.41) is 0.